The zero-order valence-corrected chi connectivity index (χ0v) is 7.49. The molecule has 0 aromatic rings. The minimum absolute atomic E-state index is 0.0359. The summed E-state index contributed by atoms with van der Waals surface area (Å²) in [5.41, 5.74) is 4.45. The van der Waals surface area contributed by atoms with E-state index in [1.807, 2.05) is 12.1 Å². The second kappa shape index (κ2) is 1.99. The molecule has 1 aliphatic rings. The van der Waals surface area contributed by atoms with Crippen LogP contribution in [0.2, 0.25) is 0 Å². The van der Waals surface area contributed by atoms with Crippen LogP contribution >= 0.6 is 15.9 Å². The molecule has 1 N–H and O–H groups in total. The van der Waals surface area contributed by atoms with Crippen LogP contribution < -0.4 is 5.43 Å². The van der Waals surface area contributed by atoms with Crippen LogP contribution in [0.5, 0.6) is 0 Å². The second-order valence-electron chi connectivity index (χ2n) is 2.53. The van der Waals surface area contributed by atoms with Crippen molar-refractivity contribution >= 4 is 15.9 Å². The molecule has 0 amide bonds. The van der Waals surface area contributed by atoms with Gasteiger partial charge in [0.15, 0.2) is 0 Å². The van der Waals surface area contributed by atoms with E-state index in [1.54, 1.807) is 0 Å². The Morgan fingerprint density at radius 2 is 2.33 bits per heavy atom. The molecule has 1 rings (SSSR count). The largest absolute Gasteiger partial charge is 0.314 e. The van der Waals surface area contributed by atoms with Gasteiger partial charge in [-0.25, -0.2) is 5.43 Å². The topological polar surface area (TPSA) is 15.3 Å². The van der Waals surface area contributed by atoms with Gasteiger partial charge in [-0.3, -0.25) is 0 Å². The molecule has 0 saturated heterocycles. The van der Waals surface area contributed by atoms with Crippen molar-refractivity contribution in [2.75, 3.05) is 7.05 Å². The summed E-state index contributed by atoms with van der Waals surface area (Å²) in [6.45, 7) is 4.14. The van der Waals surface area contributed by atoms with E-state index in [0.717, 1.165) is 0 Å². The van der Waals surface area contributed by atoms with E-state index in [9.17, 15) is 0 Å². The van der Waals surface area contributed by atoms with Crippen molar-refractivity contribution in [1.29, 1.82) is 0 Å². The number of hydrazine groups is 1. The summed E-state index contributed by atoms with van der Waals surface area (Å²) in [6, 6.07) is 0. The first-order chi connectivity index (χ1) is 4.01. The van der Waals surface area contributed by atoms with Gasteiger partial charge in [-0.05, 0) is 19.9 Å². The standard InChI is InChI=1S/C6H11BrN2/c1-5-4-6(2,7)8-9(5)3/h4,8H,1-3H3. The summed E-state index contributed by atoms with van der Waals surface area (Å²) >= 11 is 3.49. The summed E-state index contributed by atoms with van der Waals surface area (Å²) in [5.74, 6) is 0. The van der Waals surface area contributed by atoms with Crippen LogP contribution in [0.1, 0.15) is 13.8 Å². The normalized spacial score (nSPS) is 35.1. The maximum atomic E-state index is 3.49. The Hall–Kier alpha value is -0.0200. The van der Waals surface area contributed by atoms with Crippen molar-refractivity contribution in [3.63, 3.8) is 0 Å². The third-order valence-electron chi connectivity index (χ3n) is 1.40. The highest BCUT2D eigenvalue weighted by Crippen LogP contribution is 2.24. The molecule has 0 aliphatic carbocycles. The fraction of sp³-hybridized carbons (Fsp3) is 0.667. The van der Waals surface area contributed by atoms with Crippen LogP contribution in [0.3, 0.4) is 0 Å². The van der Waals surface area contributed by atoms with Gasteiger partial charge in [-0.2, -0.15) is 0 Å². The fourth-order valence-electron chi connectivity index (χ4n) is 0.937. The van der Waals surface area contributed by atoms with Crippen molar-refractivity contribution in [2.45, 2.75) is 18.3 Å². The third kappa shape index (κ3) is 1.46. The van der Waals surface area contributed by atoms with Crippen molar-refractivity contribution in [2.24, 2.45) is 0 Å². The van der Waals surface area contributed by atoms with Gasteiger partial charge >= 0.3 is 0 Å². The molecule has 0 aromatic heterocycles. The van der Waals surface area contributed by atoms with E-state index in [2.05, 4.69) is 41.3 Å². The first kappa shape index (κ1) is 7.09. The van der Waals surface area contributed by atoms with Crippen LogP contribution in [0, 0.1) is 0 Å². The molecular formula is C6H11BrN2. The average Bonchev–Trinajstić information content (AvgIpc) is 1.79. The van der Waals surface area contributed by atoms with Gasteiger partial charge in [-0.1, -0.05) is 15.9 Å². The Bertz CT molecular complexity index is 151. The molecule has 1 unspecified atom stereocenters. The number of nitrogens with zero attached hydrogens (tertiary/aromatic N) is 1. The van der Waals surface area contributed by atoms with Crippen LogP contribution in [-0.4, -0.2) is 16.5 Å². The molecule has 0 radical (unpaired) electrons. The van der Waals surface area contributed by atoms with Crippen LogP contribution in [0.15, 0.2) is 11.8 Å². The number of hydrogen-bond acceptors (Lipinski definition) is 2. The Morgan fingerprint density at radius 1 is 1.78 bits per heavy atom. The summed E-state index contributed by atoms with van der Waals surface area (Å²) in [4.78, 5) is 0. The predicted octanol–water partition coefficient (Wildman–Crippen LogP) is 1.45. The molecule has 9 heavy (non-hydrogen) atoms. The van der Waals surface area contributed by atoms with Gasteiger partial charge in [0.1, 0.15) is 4.45 Å². The molecule has 3 heteroatoms. The van der Waals surface area contributed by atoms with Crippen LogP contribution in [-0.2, 0) is 0 Å². The number of alkyl halides is 1. The Kier molecular flexibility index (Phi) is 1.57. The number of hydrogen-bond donors (Lipinski definition) is 1. The lowest BCUT2D eigenvalue weighted by molar-refractivity contribution is 0.306. The Labute approximate surface area is 64.0 Å². The lowest BCUT2D eigenvalue weighted by atomic mass is 10.3. The monoisotopic (exact) mass is 190 g/mol. The minimum Gasteiger partial charge on any atom is -0.314 e. The van der Waals surface area contributed by atoms with E-state index < -0.39 is 0 Å². The maximum absolute atomic E-state index is 3.49. The first-order valence-corrected chi connectivity index (χ1v) is 3.70. The highest BCUT2D eigenvalue weighted by Gasteiger charge is 2.25. The zero-order chi connectivity index (χ0) is 7.07. The van der Waals surface area contributed by atoms with E-state index >= 15 is 0 Å². The Balaban J connectivity index is 2.74. The highest BCUT2D eigenvalue weighted by molar-refractivity contribution is 9.10. The van der Waals surface area contributed by atoms with Gasteiger partial charge in [0.2, 0.25) is 0 Å². The van der Waals surface area contributed by atoms with E-state index in [-0.39, 0.29) is 4.45 Å². The zero-order valence-electron chi connectivity index (χ0n) is 5.90. The quantitative estimate of drug-likeness (QED) is 0.460. The summed E-state index contributed by atoms with van der Waals surface area (Å²) < 4.78 is -0.0359. The number of nitrogens with one attached hydrogen (secondary N) is 1. The number of allylic oxidation sites excluding steroid dienone is 1. The molecule has 0 fully saturated rings. The lowest BCUT2D eigenvalue weighted by Gasteiger charge is -2.19. The summed E-state index contributed by atoms with van der Waals surface area (Å²) in [5, 5.41) is 1.99. The van der Waals surface area contributed by atoms with E-state index in [1.165, 1.54) is 5.70 Å². The molecular weight excluding hydrogens is 180 g/mol. The third-order valence-corrected chi connectivity index (χ3v) is 1.80. The average molecular weight is 191 g/mol. The first-order valence-electron chi connectivity index (χ1n) is 2.91. The highest BCUT2D eigenvalue weighted by atomic mass is 79.9. The van der Waals surface area contributed by atoms with Crippen LogP contribution in [0.4, 0.5) is 0 Å². The van der Waals surface area contributed by atoms with Gasteiger partial charge in [0.05, 0.1) is 0 Å². The maximum Gasteiger partial charge on any atom is 0.109 e. The van der Waals surface area contributed by atoms with Gasteiger partial charge in [0.25, 0.3) is 0 Å². The fourth-order valence-corrected chi connectivity index (χ4v) is 1.53. The molecule has 0 spiro atoms. The predicted molar refractivity (Wildman–Crippen MR) is 42.0 cm³/mol. The molecule has 2 nitrogen and oxygen atoms in total. The second-order valence-corrected chi connectivity index (χ2v) is 4.18. The molecule has 0 aromatic carbocycles. The molecule has 1 aliphatic heterocycles. The van der Waals surface area contributed by atoms with Crippen molar-refractivity contribution in [3.05, 3.63) is 11.8 Å². The van der Waals surface area contributed by atoms with Crippen molar-refractivity contribution in [3.8, 4) is 0 Å². The molecule has 1 heterocycles. The number of rotatable bonds is 0. The molecule has 1 atom stereocenters. The Morgan fingerprint density at radius 3 is 2.44 bits per heavy atom. The van der Waals surface area contributed by atoms with Gasteiger partial charge in [-0.15, -0.1) is 0 Å². The van der Waals surface area contributed by atoms with Crippen LogP contribution in [0.25, 0.3) is 0 Å². The molecule has 52 valence electrons. The lowest BCUT2D eigenvalue weighted by Crippen LogP contribution is -2.38. The smallest absolute Gasteiger partial charge is 0.109 e. The van der Waals surface area contributed by atoms with E-state index in [0.29, 0.717) is 0 Å². The number of halogens is 1. The van der Waals surface area contributed by atoms with Crippen molar-refractivity contribution < 1.29 is 0 Å². The minimum atomic E-state index is -0.0359. The van der Waals surface area contributed by atoms with E-state index in [4.69, 9.17) is 0 Å². The van der Waals surface area contributed by atoms with Crippen molar-refractivity contribution in [1.82, 2.24) is 10.4 Å². The summed E-state index contributed by atoms with van der Waals surface area (Å²) in [6.07, 6.45) is 2.13. The SMILES string of the molecule is CC1=CC(C)(Br)NN1C. The molecule has 0 saturated carbocycles. The van der Waals surface area contributed by atoms with Gasteiger partial charge < -0.3 is 5.01 Å². The molecule has 0 bridgehead atoms. The van der Waals surface area contributed by atoms with Gasteiger partial charge in [0, 0.05) is 12.7 Å². The summed E-state index contributed by atoms with van der Waals surface area (Å²) in [7, 11) is 2.00.